The molecule has 10 heteroatoms. The van der Waals surface area contributed by atoms with Gasteiger partial charge in [0, 0.05) is 16.7 Å². The predicted molar refractivity (Wildman–Crippen MR) is 117 cm³/mol. The molecule has 0 amide bonds. The summed E-state index contributed by atoms with van der Waals surface area (Å²) in [6, 6.07) is 9.59. The maximum atomic E-state index is 12.7. The minimum Gasteiger partial charge on any atom is -0.493 e. The van der Waals surface area contributed by atoms with E-state index in [1.807, 2.05) is 0 Å². The number of carbonyl (C=O) groups is 1. The fourth-order valence-electron chi connectivity index (χ4n) is 2.82. The number of rotatable bonds is 7. The Morgan fingerprint density at radius 1 is 1.29 bits per heavy atom. The first-order valence-corrected chi connectivity index (χ1v) is 9.72. The van der Waals surface area contributed by atoms with Gasteiger partial charge in [-0.15, -0.1) is 4.68 Å². The molecule has 0 aliphatic heterocycles. The highest BCUT2D eigenvalue weighted by Crippen LogP contribution is 2.34. The van der Waals surface area contributed by atoms with Gasteiger partial charge in [-0.2, -0.15) is 5.10 Å². The number of nitrogens with one attached hydrogen (secondary N) is 1. The van der Waals surface area contributed by atoms with Gasteiger partial charge < -0.3 is 19.2 Å². The minimum atomic E-state index is -0.950. The van der Waals surface area contributed by atoms with Crippen LogP contribution in [0.25, 0.3) is 10.9 Å². The molecule has 31 heavy (non-hydrogen) atoms. The number of benzene rings is 2. The van der Waals surface area contributed by atoms with Crippen molar-refractivity contribution in [1.29, 1.82) is 0 Å². The van der Waals surface area contributed by atoms with Gasteiger partial charge in [-0.3, -0.25) is 4.79 Å². The number of fused-ring (bicyclic) bond motifs is 1. The van der Waals surface area contributed by atoms with E-state index in [-0.39, 0.29) is 18.1 Å². The molecule has 1 N–H and O–H groups in total. The van der Waals surface area contributed by atoms with Gasteiger partial charge in [0.1, 0.15) is 0 Å². The van der Waals surface area contributed by atoms with Crippen LogP contribution in [-0.4, -0.2) is 41.7 Å². The topological polar surface area (TPSA) is 112 Å². The molecular formula is C21H20ClN3O6. The Balaban J connectivity index is 2.07. The second-order valence-corrected chi connectivity index (χ2v) is 6.81. The summed E-state index contributed by atoms with van der Waals surface area (Å²) >= 11 is 6.15. The highest BCUT2D eigenvalue weighted by Gasteiger charge is 2.21. The Kier molecular flexibility index (Phi) is 6.76. The number of aromatic amines is 1. The summed E-state index contributed by atoms with van der Waals surface area (Å²) in [5.41, 5.74) is -0.608. The second kappa shape index (κ2) is 9.48. The molecule has 0 radical (unpaired) electrons. The van der Waals surface area contributed by atoms with Gasteiger partial charge in [0.15, 0.2) is 17.6 Å². The number of esters is 1. The standard InChI is InChI=1S/C21H20ClN3O6/c1-4-30-20(27)12(2)31-18-13(9-14(22)10-17(18)29-3)11-23-25-19(26)15-7-5-6-8-16(15)24-21(25)28/h5-12H,4H2,1-3H3,(H,24,28). The zero-order chi connectivity index (χ0) is 22.5. The SMILES string of the molecule is CCOC(=O)C(C)Oc1c(C=Nn2c(=O)[nH]c3ccccc3c2=O)cc(Cl)cc1OC. The van der Waals surface area contributed by atoms with Gasteiger partial charge in [0.2, 0.25) is 0 Å². The lowest BCUT2D eigenvalue weighted by Crippen LogP contribution is -2.32. The summed E-state index contributed by atoms with van der Waals surface area (Å²) in [7, 11) is 1.41. The lowest BCUT2D eigenvalue weighted by Gasteiger charge is -2.18. The quantitative estimate of drug-likeness (QED) is 0.442. The van der Waals surface area contributed by atoms with Crippen LogP contribution >= 0.6 is 11.6 Å². The molecule has 0 fully saturated rings. The third kappa shape index (κ3) is 4.77. The summed E-state index contributed by atoms with van der Waals surface area (Å²) in [5, 5.41) is 4.62. The van der Waals surface area contributed by atoms with E-state index in [0.29, 0.717) is 26.2 Å². The maximum Gasteiger partial charge on any atom is 0.349 e. The first-order valence-electron chi connectivity index (χ1n) is 9.35. The number of methoxy groups -OCH3 is 1. The van der Waals surface area contributed by atoms with Gasteiger partial charge >= 0.3 is 11.7 Å². The monoisotopic (exact) mass is 445 g/mol. The Labute approximate surface area is 181 Å². The van der Waals surface area contributed by atoms with Crippen molar-refractivity contribution < 1.29 is 19.0 Å². The molecule has 1 unspecified atom stereocenters. The van der Waals surface area contributed by atoms with Crippen molar-refractivity contribution in [3.05, 3.63) is 67.8 Å². The Hall–Kier alpha value is -3.59. The largest absolute Gasteiger partial charge is 0.493 e. The minimum absolute atomic E-state index is 0.154. The van der Waals surface area contributed by atoms with Crippen molar-refractivity contribution in [2.24, 2.45) is 5.10 Å². The Morgan fingerprint density at radius 3 is 2.74 bits per heavy atom. The maximum absolute atomic E-state index is 12.7. The molecule has 0 aliphatic rings. The molecule has 0 saturated heterocycles. The summed E-state index contributed by atoms with van der Waals surface area (Å²) in [5.74, 6) is -0.170. The van der Waals surface area contributed by atoms with Gasteiger partial charge in [-0.25, -0.2) is 9.59 Å². The molecule has 1 atom stereocenters. The number of hydrogen-bond acceptors (Lipinski definition) is 7. The average molecular weight is 446 g/mol. The van der Waals surface area contributed by atoms with Crippen LogP contribution in [0.1, 0.15) is 19.4 Å². The van der Waals surface area contributed by atoms with E-state index in [1.54, 1.807) is 31.2 Å². The summed E-state index contributed by atoms with van der Waals surface area (Å²) < 4.78 is 16.7. The van der Waals surface area contributed by atoms with Crippen molar-refractivity contribution in [2.45, 2.75) is 20.0 Å². The molecule has 0 saturated carbocycles. The normalized spacial score (nSPS) is 12.1. The van der Waals surface area contributed by atoms with E-state index < -0.39 is 23.3 Å². The van der Waals surface area contributed by atoms with E-state index in [1.165, 1.54) is 32.4 Å². The lowest BCUT2D eigenvalue weighted by molar-refractivity contribution is -0.150. The van der Waals surface area contributed by atoms with Crippen LogP contribution in [0, 0.1) is 0 Å². The number of H-pyrrole nitrogens is 1. The average Bonchev–Trinajstić information content (AvgIpc) is 2.74. The van der Waals surface area contributed by atoms with Crippen molar-refractivity contribution in [3.8, 4) is 11.5 Å². The van der Waals surface area contributed by atoms with Gasteiger partial charge in [0.25, 0.3) is 5.56 Å². The molecule has 162 valence electrons. The number of hydrogen-bond donors (Lipinski definition) is 1. The van der Waals surface area contributed by atoms with Gasteiger partial charge in [-0.1, -0.05) is 23.7 Å². The number of ether oxygens (including phenoxy) is 3. The molecule has 2 aromatic carbocycles. The summed E-state index contributed by atoms with van der Waals surface area (Å²) in [4.78, 5) is 39.6. The van der Waals surface area contributed by atoms with Crippen LogP contribution in [0.4, 0.5) is 0 Å². The Morgan fingerprint density at radius 2 is 2.03 bits per heavy atom. The van der Waals surface area contributed by atoms with Gasteiger partial charge in [0.05, 0.1) is 30.8 Å². The van der Waals surface area contributed by atoms with Crippen LogP contribution in [0.5, 0.6) is 11.5 Å². The van der Waals surface area contributed by atoms with Crippen LogP contribution in [0.2, 0.25) is 5.02 Å². The number of aromatic nitrogens is 2. The summed E-state index contributed by atoms with van der Waals surface area (Å²) in [6.07, 6.45) is 0.279. The second-order valence-electron chi connectivity index (χ2n) is 6.38. The number of halogens is 1. The smallest absolute Gasteiger partial charge is 0.349 e. The Bertz CT molecular complexity index is 1260. The van der Waals surface area contributed by atoms with Gasteiger partial charge in [-0.05, 0) is 32.0 Å². The molecule has 3 rings (SSSR count). The zero-order valence-electron chi connectivity index (χ0n) is 17.0. The van der Waals surface area contributed by atoms with Crippen molar-refractivity contribution in [1.82, 2.24) is 9.66 Å². The highest BCUT2D eigenvalue weighted by molar-refractivity contribution is 6.31. The van der Waals surface area contributed by atoms with Crippen LogP contribution < -0.4 is 20.7 Å². The highest BCUT2D eigenvalue weighted by atomic mass is 35.5. The molecule has 3 aromatic rings. The van der Waals surface area contributed by atoms with Crippen LogP contribution in [0.15, 0.2) is 51.1 Å². The molecule has 0 aliphatic carbocycles. The molecule has 0 spiro atoms. The van der Waals surface area contributed by atoms with E-state index in [4.69, 9.17) is 25.8 Å². The lowest BCUT2D eigenvalue weighted by atomic mass is 10.2. The third-order valence-corrected chi connectivity index (χ3v) is 4.50. The van der Waals surface area contributed by atoms with E-state index in [9.17, 15) is 14.4 Å². The molecule has 9 nitrogen and oxygen atoms in total. The van der Waals surface area contributed by atoms with E-state index in [2.05, 4.69) is 10.1 Å². The molecule has 1 aromatic heterocycles. The fraction of sp³-hybridized carbons (Fsp3) is 0.238. The van der Waals surface area contributed by atoms with Crippen molar-refractivity contribution in [3.63, 3.8) is 0 Å². The number of carbonyl (C=O) groups excluding carboxylic acids is 1. The first-order chi connectivity index (χ1) is 14.8. The first kappa shape index (κ1) is 22.1. The fourth-order valence-corrected chi connectivity index (χ4v) is 3.04. The van der Waals surface area contributed by atoms with E-state index in [0.717, 1.165) is 0 Å². The third-order valence-electron chi connectivity index (χ3n) is 4.28. The predicted octanol–water partition coefficient (Wildman–Crippen LogP) is 2.56. The van der Waals surface area contributed by atoms with Crippen LogP contribution in [-0.2, 0) is 9.53 Å². The molecule has 0 bridgehead atoms. The van der Waals surface area contributed by atoms with E-state index >= 15 is 0 Å². The van der Waals surface area contributed by atoms with Crippen LogP contribution in [0.3, 0.4) is 0 Å². The number of para-hydroxylation sites is 1. The van der Waals surface area contributed by atoms with Crippen molar-refractivity contribution in [2.75, 3.05) is 13.7 Å². The number of nitrogens with zero attached hydrogens (tertiary/aromatic N) is 2. The summed E-state index contributed by atoms with van der Waals surface area (Å²) in [6.45, 7) is 3.40. The molecule has 1 heterocycles. The zero-order valence-corrected chi connectivity index (χ0v) is 17.8. The van der Waals surface area contributed by atoms with Crippen molar-refractivity contribution >= 4 is 34.7 Å². The molecular weight excluding hydrogens is 426 g/mol.